The standard InChI is InChI=1S/C19H29N3O5S/c1-19(2,3)27-18(24)22-14(12-23)11-20-15-6-5-7-16(28(4,25)26)17(15)21-10-13-8-9-13/h5-7,12-14,20-21H,8-11H2,1-4H3,(H,22,24). The van der Waals surface area contributed by atoms with Crippen molar-refractivity contribution in [1.82, 2.24) is 5.32 Å². The number of sulfone groups is 1. The number of carbonyl (C=O) groups is 2. The maximum atomic E-state index is 12.1. The van der Waals surface area contributed by atoms with Crippen molar-refractivity contribution in [2.24, 2.45) is 5.92 Å². The van der Waals surface area contributed by atoms with Gasteiger partial charge in [0, 0.05) is 19.3 Å². The van der Waals surface area contributed by atoms with Crippen LogP contribution in [0, 0.1) is 5.92 Å². The second kappa shape index (κ2) is 8.81. The van der Waals surface area contributed by atoms with Crippen molar-refractivity contribution in [2.45, 2.75) is 50.2 Å². The maximum Gasteiger partial charge on any atom is 0.408 e. The van der Waals surface area contributed by atoms with Gasteiger partial charge in [0.15, 0.2) is 9.84 Å². The quantitative estimate of drug-likeness (QED) is 0.535. The van der Waals surface area contributed by atoms with E-state index in [0.717, 1.165) is 19.1 Å². The second-order valence-corrected chi connectivity index (χ2v) is 10.0. The fourth-order valence-electron chi connectivity index (χ4n) is 2.55. The summed E-state index contributed by atoms with van der Waals surface area (Å²) in [5.74, 6) is 0.553. The van der Waals surface area contributed by atoms with Gasteiger partial charge in [-0.15, -0.1) is 0 Å². The first-order valence-corrected chi connectivity index (χ1v) is 11.1. The summed E-state index contributed by atoms with van der Waals surface area (Å²) in [7, 11) is -3.43. The molecule has 1 atom stereocenters. The van der Waals surface area contributed by atoms with Crippen LogP contribution in [0.4, 0.5) is 16.2 Å². The van der Waals surface area contributed by atoms with Crippen molar-refractivity contribution >= 4 is 33.6 Å². The number of alkyl carbamates (subject to hydrolysis) is 1. The van der Waals surface area contributed by atoms with Gasteiger partial charge in [-0.2, -0.15) is 0 Å². The van der Waals surface area contributed by atoms with Gasteiger partial charge in [0.05, 0.1) is 16.3 Å². The Morgan fingerprint density at radius 1 is 1.29 bits per heavy atom. The molecule has 28 heavy (non-hydrogen) atoms. The number of anilines is 2. The van der Waals surface area contributed by atoms with Crippen molar-refractivity contribution in [3.8, 4) is 0 Å². The first kappa shape index (κ1) is 22.0. The molecule has 0 radical (unpaired) electrons. The Bertz CT molecular complexity index is 813. The number of nitrogens with one attached hydrogen (secondary N) is 3. The molecule has 0 spiro atoms. The Labute approximate surface area is 166 Å². The number of aldehydes is 1. The molecule has 0 aromatic heterocycles. The zero-order valence-corrected chi connectivity index (χ0v) is 17.6. The molecule has 1 aliphatic rings. The Kier molecular flexibility index (Phi) is 6.92. The summed E-state index contributed by atoms with van der Waals surface area (Å²) in [5, 5.41) is 8.77. The highest BCUT2D eigenvalue weighted by Crippen LogP contribution is 2.33. The molecule has 9 heteroatoms. The van der Waals surface area contributed by atoms with Gasteiger partial charge < -0.3 is 25.5 Å². The van der Waals surface area contributed by atoms with Crippen LogP contribution >= 0.6 is 0 Å². The van der Waals surface area contributed by atoms with Gasteiger partial charge in [-0.25, -0.2) is 13.2 Å². The summed E-state index contributed by atoms with van der Waals surface area (Å²) in [6.07, 6.45) is 3.33. The molecule has 1 aliphatic carbocycles. The van der Waals surface area contributed by atoms with Crippen molar-refractivity contribution in [3.05, 3.63) is 18.2 Å². The van der Waals surface area contributed by atoms with Crippen molar-refractivity contribution in [2.75, 3.05) is 30.0 Å². The highest BCUT2D eigenvalue weighted by atomic mass is 32.2. The molecule has 1 aromatic carbocycles. The average Bonchev–Trinajstić information content (AvgIpc) is 3.38. The lowest BCUT2D eigenvalue weighted by molar-refractivity contribution is -0.109. The zero-order valence-electron chi connectivity index (χ0n) is 16.7. The molecule has 8 nitrogen and oxygen atoms in total. The summed E-state index contributed by atoms with van der Waals surface area (Å²) >= 11 is 0. The summed E-state index contributed by atoms with van der Waals surface area (Å²) in [5.41, 5.74) is 0.370. The minimum absolute atomic E-state index is 0.0913. The Balaban J connectivity index is 2.10. The van der Waals surface area contributed by atoms with E-state index >= 15 is 0 Å². The predicted molar refractivity (Wildman–Crippen MR) is 108 cm³/mol. The van der Waals surface area contributed by atoms with E-state index in [1.165, 1.54) is 0 Å². The predicted octanol–water partition coefficient (Wildman–Crippen LogP) is 2.42. The van der Waals surface area contributed by atoms with Gasteiger partial charge in [-0.1, -0.05) is 6.07 Å². The highest BCUT2D eigenvalue weighted by molar-refractivity contribution is 7.90. The number of amides is 1. The normalized spacial score (nSPS) is 15.4. The van der Waals surface area contributed by atoms with Crippen LogP contribution in [0.15, 0.2) is 23.1 Å². The second-order valence-electron chi connectivity index (χ2n) is 8.04. The van der Waals surface area contributed by atoms with Crippen molar-refractivity contribution < 1.29 is 22.7 Å². The number of ether oxygens (including phenoxy) is 1. The molecule has 1 fully saturated rings. The first-order valence-electron chi connectivity index (χ1n) is 9.25. The number of hydrogen-bond acceptors (Lipinski definition) is 7. The third-order valence-corrected chi connectivity index (χ3v) is 5.21. The summed E-state index contributed by atoms with van der Waals surface area (Å²) in [4.78, 5) is 23.4. The molecule has 0 saturated heterocycles. The minimum atomic E-state index is -3.43. The molecule has 1 saturated carbocycles. The maximum absolute atomic E-state index is 12.1. The van der Waals surface area contributed by atoms with E-state index in [1.807, 2.05) is 0 Å². The molecule has 2 rings (SSSR count). The number of carbonyl (C=O) groups excluding carboxylic acids is 2. The van der Waals surface area contributed by atoms with Crippen LogP contribution < -0.4 is 16.0 Å². The number of benzene rings is 1. The Hall–Kier alpha value is -2.29. The van der Waals surface area contributed by atoms with Crippen LogP contribution in [0.3, 0.4) is 0 Å². The van der Waals surface area contributed by atoms with E-state index in [0.29, 0.717) is 30.1 Å². The van der Waals surface area contributed by atoms with Crippen LogP contribution in [0.25, 0.3) is 0 Å². The lowest BCUT2D eigenvalue weighted by atomic mass is 10.2. The van der Waals surface area contributed by atoms with Gasteiger partial charge in [0.2, 0.25) is 0 Å². The lowest BCUT2D eigenvalue weighted by Crippen LogP contribution is -2.43. The van der Waals surface area contributed by atoms with E-state index in [9.17, 15) is 18.0 Å². The molecule has 0 heterocycles. The van der Waals surface area contributed by atoms with E-state index in [4.69, 9.17) is 4.74 Å². The first-order chi connectivity index (χ1) is 13.0. The molecule has 156 valence electrons. The zero-order chi connectivity index (χ0) is 20.9. The monoisotopic (exact) mass is 411 g/mol. The van der Waals surface area contributed by atoms with Crippen molar-refractivity contribution in [3.63, 3.8) is 0 Å². The molecular formula is C19H29N3O5S. The van der Waals surface area contributed by atoms with Crippen LogP contribution in [0.1, 0.15) is 33.6 Å². The molecule has 1 unspecified atom stereocenters. The number of hydrogen-bond donors (Lipinski definition) is 3. The highest BCUT2D eigenvalue weighted by Gasteiger charge is 2.24. The molecule has 1 aromatic rings. The van der Waals surface area contributed by atoms with E-state index in [1.54, 1.807) is 39.0 Å². The molecule has 1 amide bonds. The smallest absolute Gasteiger partial charge is 0.408 e. The van der Waals surface area contributed by atoms with E-state index in [-0.39, 0.29) is 11.4 Å². The van der Waals surface area contributed by atoms with Gasteiger partial charge in [0.25, 0.3) is 0 Å². The SMILES string of the molecule is CC(C)(C)OC(=O)NC(C=O)CNc1cccc(S(C)(=O)=O)c1NCC1CC1. The molecule has 0 aliphatic heterocycles. The summed E-state index contributed by atoms with van der Waals surface area (Å²) in [6, 6.07) is 4.09. The fraction of sp³-hybridized carbons (Fsp3) is 0.579. The average molecular weight is 412 g/mol. The summed E-state index contributed by atoms with van der Waals surface area (Å²) < 4.78 is 29.4. The van der Waals surface area contributed by atoms with Crippen LogP contribution in [-0.2, 0) is 19.4 Å². The van der Waals surface area contributed by atoms with E-state index in [2.05, 4.69) is 16.0 Å². The van der Waals surface area contributed by atoms with Crippen LogP contribution in [-0.4, -0.2) is 51.8 Å². The number of para-hydroxylation sites is 1. The lowest BCUT2D eigenvalue weighted by Gasteiger charge is -2.22. The van der Waals surface area contributed by atoms with Crippen LogP contribution in [0.2, 0.25) is 0 Å². The Morgan fingerprint density at radius 3 is 2.50 bits per heavy atom. The van der Waals surface area contributed by atoms with Gasteiger partial charge in [-0.05, 0) is 51.7 Å². The topological polar surface area (TPSA) is 114 Å². The molecule has 3 N–H and O–H groups in total. The Morgan fingerprint density at radius 2 is 1.96 bits per heavy atom. The van der Waals surface area contributed by atoms with Gasteiger partial charge in [0.1, 0.15) is 17.9 Å². The largest absolute Gasteiger partial charge is 0.444 e. The number of rotatable bonds is 9. The molecular weight excluding hydrogens is 382 g/mol. The third kappa shape index (κ3) is 7.03. The molecule has 0 bridgehead atoms. The van der Waals surface area contributed by atoms with Gasteiger partial charge in [-0.3, -0.25) is 0 Å². The third-order valence-electron chi connectivity index (χ3n) is 4.07. The fourth-order valence-corrected chi connectivity index (χ4v) is 3.43. The van der Waals surface area contributed by atoms with Crippen LogP contribution in [0.5, 0.6) is 0 Å². The summed E-state index contributed by atoms with van der Waals surface area (Å²) in [6.45, 7) is 5.97. The van der Waals surface area contributed by atoms with Crippen molar-refractivity contribution in [1.29, 1.82) is 0 Å². The van der Waals surface area contributed by atoms with E-state index < -0.39 is 27.6 Å². The minimum Gasteiger partial charge on any atom is -0.444 e. The van der Waals surface area contributed by atoms with Gasteiger partial charge >= 0.3 is 6.09 Å².